The molecule has 0 saturated heterocycles. The van der Waals surface area contributed by atoms with Gasteiger partial charge in [0, 0.05) is 13.0 Å². The Labute approximate surface area is 105 Å². The number of carbonyl (C=O) groups excluding carboxylic acids is 1. The topological polar surface area (TPSA) is 41.1 Å². The van der Waals surface area contributed by atoms with Crippen LogP contribution in [0.25, 0.3) is 0 Å². The minimum absolute atomic E-state index is 0. The van der Waals surface area contributed by atoms with Gasteiger partial charge in [0.1, 0.15) is 0 Å². The number of hydrogen-bond acceptors (Lipinski definition) is 2. The molecular weight excluding hydrogens is 257 g/mol. The summed E-state index contributed by atoms with van der Waals surface area (Å²) in [6.45, 7) is 1.11. The Bertz CT molecular complexity index is 232. The minimum atomic E-state index is -4.13. The Morgan fingerprint density at radius 3 is 2.47 bits per heavy atom. The molecule has 0 bridgehead atoms. The van der Waals surface area contributed by atoms with E-state index in [1.54, 1.807) is 0 Å². The maximum atomic E-state index is 11.8. The van der Waals surface area contributed by atoms with E-state index in [1.807, 2.05) is 0 Å². The van der Waals surface area contributed by atoms with Crippen LogP contribution in [0.1, 0.15) is 25.7 Å². The molecule has 0 aliphatic heterocycles. The smallest absolute Gasteiger partial charge is 0.355 e. The average molecular weight is 275 g/mol. The number of carbonyl (C=O) groups is 1. The lowest BCUT2D eigenvalue weighted by Gasteiger charge is -2.08. The van der Waals surface area contributed by atoms with Gasteiger partial charge in [0.15, 0.2) is 0 Å². The summed E-state index contributed by atoms with van der Waals surface area (Å²) in [6.07, 6.45) is -2.62. The summed E-state index contributed by atoms with van der Waals surface area (Å²) in [7, 11) is 0. The molecule has 0 atom stereocenters. The van der Waals surface area contributed by atoms with Gasteiger partial charge in [0.05, 0.1) is 6.54 Å². The lowest BCUT2D eigenvalue weighted by Crippen LogP contribution is -2.35. The summed E-state index contributed by atoms with van der Waals surface area (Å²) < 4.78 is 35.3. The molecule has 1 fully saturated rings. The second-order valence-corrected chi connectivity index (χ2v) is 4.14. The van der Waals surface area contributed by atoms with Crippen molar-refractivity contribution in [2.24, 2.45) is 5.92 Å². The Balaban J connectivity index is 0.00000256. The van der Waals surface area contributed by atoms with Gasteiger partial charge in [-0.05, 0) is 31.7 Å². The highest BCUT2D eigenvalue weighted by Gasteiger charge is 2.26. The third-order valence-electron chi connectivity index (χ3n) is 2.37. The van der Waals surface area contributed by atoms with E-state index in [2.05, 4.69) is 10.6 Å². The molecule has 0 spiro atoms. The van der Waals surface area contributed by atoms with Crippen molar-refractivity contribution >= 4 is 18.3 Å². The first-order chi connectivity index (χ1) is 7.47. The highest BCUT2D eigenvalue weighted by molar-refractivity contribution is 5.85. The molecule has 1 aliphatic rings. The molecule has 1 amide bonds. The van der Waals surface area contributed by atoms with Crippen molar-refractivity contribution in [2.75, 3.05) is 19.6 Å². The summed E-state index contributed by atoms with van der Waals surface area (Å²) >= 11 is 0. The van der Waals surface area contributed by atoms with Crippen LogP contribution < -0.4 is 10.6 Å². The number of amides is 1. The fourth-order valence-corrected chi connectivity index (χ4v) is 1.29. The van der Waals surface area contributed by atoms with Crippen LogP contribution in [0.15, 0.2) is 0 Å². The molecule has 0 aromatic carbocycles. The molecule has 3 nitrogen and oxygen atoms in total. The molecule has 0 heterocycles. The van der Waals surface area contributed by atoms with Gasteiger partial charge in [-0.2, -0.15) is 13.2 Å². The fourth-order valence-electron chi connectivity index (χ4n) is 1.29. The SMILES string of the molecule is Cl.O=C(CNCC1CC1)NCCCC(F)(F)F. The van der Waals surface area contributed by atoms with Crippen molar-refractivity contribution in [3.8, 4) is 0 Å². The molecule has 0 radical (unpaired) electrons. The summed E-state index contributed by atoms with van der Waals surface area (Å²) in [5, 5.41) is 5.42. The van der Waals surface area contributed by atoms with Gasteiger partial charge < -0.3 is 10.6 Å². The van der Waals surface area contributed by atoms with E-state index in [0.717, 1.165) is 6.54 Å². The summed E-state index contributed by atoms with van der Waals surface area (Å²) in [4.78, 5) is 11.1. The molecule has 7 heteroatoms. The number of alkyl halides is 3. The zero-order chi connectivity index (χ0) is 12.0. The van der Waals surface area contributed by atoms with Crippen LogP contribution >= 0.6 is 12.4 Å². The maximum Gasteiger partial charge on any atom is 0.389 e. The number of halogens is 4. The third kappa shape index (κ3) is 10.4. The molecule has 102 valence electrons. The lowest BCUT2D eigenvalue weighted by molar-refractivity contribution is -0.136. The van der Waals surface area contributed by atoms with E-state index in [4.69, 9.17) is 0 Å². The molecule has 0 unspecified atom stereocenters. The highest BCUT2D eigenvalue weighted by Crippen LogP contribution is 2.27. The van der Waals surface area contributed by atoms with Gasteiger partial charge in [0.2, 0.25) is 5.91 Å². The molecule has 2 N–H and O–H groups in total. The largest absolute Gasteiger partial charge is 0.389 e. The van der Waals surface area contributed by atoms with E-state index < -0.39 is 12.6 Å². The monoisotopic (exact) mass is 274 g/mol. The summed E-state index contributed by atoms with van der Waals surface area (Å²) in [5.74, 6) is 0.459. The average Bonchev–Trinajstić information content (AvgIpc) is 2.95. The molecule has 0 aromatic heterocycles. The quantitative estimate of drug-likeness (QED) is 0.696. The molecule has 0 aromatic rings. The van der Waals surface area contributed by atoms with Gasteiger partial charge in [-0.3, -0.25) is 4.79 Å². The number of rotatable bonds is 7. The third-order valence-corrected chi connectivity index (χ3v) is 2.37. The van der Waals surface area contributed by atoms with E-state index in [1.165, 1.54) is 12.8 Å². The van der Waals surface area contributed by atoms with Gasteiger partial charge in [-0.1, -0.05) is 0 Å². The lowest BCUT2D eigenvalue weighted by atomic mass is 10.3. The van der Waals surface area contributed by atoms with Gasteiger partial charge in [0.25, 0.3) is 0 Å². The van der Waals surface area contributed by atoms with E-state index in [-0.39, 0.29) is 37.8 Å². The Kier molecular flexibility index (Phi) is 7.54. The van der Waals surface area contributed by atoms with Crippen molar-refractivity contribution in [2.45, 2.75) is 31.9 Å². The van der Waals surface area contributed by atoms with Crippen molar-refractivity contribution in [1.29, 1.82) is 0 Å². The minimum Gasteiger partial charge on any atom is -0.355 e. The zero-order valence-corrected chi connectivity index (χ0v) is 10.3. The van der Waals surface area contributed by atoms with Crippen molar-refractivity contribution in [1.82, 2.24) is 10.6 Å². The van der Waals surface area contributed by atoms with Crippen LogP contribution in [0.2, 0.25) is 0 Å². The van der Waals surface area contributed by atoms with Crippen molar-refractivity contribution < 1.29 is 18.0 Å². The molecule has 1 aliphatic carbocycles. The van der Waals surface area contributed by atoms with Crippen molar-refractivity contribution in [3.05, 3.63) is 0 Å². The van der Waals surface area contributed by atoms with Crippen molar-refractivity contribution in [3.63, 3.8) is 0 Å². The van der Waals surface area contributed by atoms with Crippen LogP contribution in [0, 0.1) is 5.92 Å². The normalized spacial score (nSPS) is 15.2. The zero-order valence-electron chi connectivity index (χ0n) is 9.48. The predicted octanol–water partition coefficient (Wildman–Crippen LogP) is 1.87. The van der Waals surface area contributed by atoms with Crippen LogP contribution in [0.5, 0.6) is 0 Å². The Hall–Kier alpha value is -0.490. The van der Waals surface area contributed by atoms with Gasteiger partial charge in [-0.15, -0.1) is 12.4 Å². The Morgan fingerprint density at radius 1 is 1.29 bits per heavy atom. The predicted molar refractivity (Wildman–Crippen MR) is 61.1 cm³/mol. The first kappa shape index (κ1) is 16.5. The van der Waals surface area contributed by atoms with Crippen LogP contribution in [0.4, 0.5) is 13.2 Å². The summed E-state index contributed by atoms with van der Waals surface area (Å²) in [6, 6.07) is 0. The molecule has 17 heavy (non-hydrogen) atoms. The molecular formula is C10H18ClF3N2O. The fraction of sp³-hybridized carbons (Fsp3) is 0.900. The van der Waals surface area contributed by atoms with E-state index in [9.17, 15) is 18.0 Å². The summed E-state index contributed by atoms with van der Waals surface area (Å²) in [5.41, 5.74) is 0. The first-order valence-corrected chi connectivity index (χ1v) is 5.51. The first-order valence-electron chi connectivity index (χ1n) is 5.51. The van der Waals surface area contributed by atoms with Crippen LogP contribution in [0.3, 0.4) is 0 Å². The van der Waals surface area contributed by atoms with Gasteiger partial charge in [-0.25, -0.2) is 0 Å². The van der Waals surface area contributed by atoms with Crippen LogP contribution in [-0.2, 0) is 4.79 Å². The second kappa shape index (κ2) is 7.76. The second-order valence-electron chi connectivity index (χ2n) is 4.14. The maximum absolute atomic E-state index is 11.8. The number of hydrogen-bond donors (Lipinski definition) is 2. The molecule has 1 rings (SSSR count). The van der Waals surface area contributed by atoms with Gasteiger partial charge >= 0.3 is 6.18 Å². The number of nitrogens with one attached hydrogen (secondary N) is 2. The highest BCUT2D eigenvalue weighted by atomic mass is 35.5. The molecule has 1 saturated carbocycles. The van der Waals surface area contributed by atoms with E-state index >= 15 is 0 Å². The van der Waals surface area contributed by atoms with Crippen LogP contribution in [-0.4, -0.2) is 31.7 Å². The van der Waals surface area contributed by atoms with E-state index in [0.29, 0.717) is 5.92 Å². The standard InChI is InChI=1S/C10H17F3N2O.ClH/c11-10(12,13)4-1-5-15-9(16)7-14-6-8-2-3-8;/h8,14H,1-7H2,(H,15,16);1H. The Morgan fingerprint density at radius 2 is 1.94 bits per heavy atom.